The normalized spacial score (nSPS) is 10.5. The largest absolute Gasteiger partial charge is 0.461 e. The second kappa shape index (κ2) is 6.71. The van der Waals surface area contributed by atoms with Gasteiger partial charge in [-0.25, -0.2) is 0 Å². The van der Waals surface area contributed by atoms with Crippen LogP contribution in [0.4, 0.5) is 0 Å². The minimum atomic E-state index is -0.150. The number of aryl methyl sites for hydroxylation is 1. The van der Waals surface area contributed by atoms with Crippen LogP contribution >= 0.6 is 11.6 Å². The lowest BCUT2D eigenvalue weighted by Crippen LogP contribution is -2.22. The number of rotatable bonds is 4. The van der Waals surface area contributed by atoms with Crippen molar-refractivity contribution in [2.75, 3.05) is 0 Å². The van der Waals surface area contributed by atoms with Gasteiger partial charge in [0, 0.05) is 17.1 Å². The van der Waals surface area contributed by atoms with Crippen LogP contribution in [0.15, 0.2) is 65.1 Å². The van der Waals surface area contributed by atoms with E-state index >= 15 is 0 Å². The van der Waals surface area contributed by atoms with E-state index in [-0.39, 0.29) is 5.91 Å². The van der Waals surface area contributed by atoms with Crippen molar-refractivity contribution < 1.29 is 9.21 Å². The highest BCUT2D eigenvalue weighted by molar-refractivity contribution is 6.30. The number of furan rings is 1. The van der Waals surface area contributed by atoms with Gasteiger partial charge in [0.1, 0.15) is 11.5 Å². The summed E-state index contributed by atoms with van der Waals surface area (Å²) in [5.41, 5.74) is 2.50. The van der Waals surface area contributed by atoms with E-state index in [1.54, 1.807) is 25.1 Å². The average molecular weight is 326 g/mol. The summed E-state index contributed by atoms with van der Waals surface area (Å²) in [6.07, 6.45) is 0. The van der Waals surface area contributed by atoms with Gasteiger partial charge in [-0.1, -0.05) is 54.1 Å². The van der Waals surface area contributed by atoms with Gasteiger partial charge in [0.05, 0.1) is 5.56 Å². The lowest BCUT2D eigenvalue weighted by molar-refractivity contribution is 0.0949. The van der Waals surface area contributed by atoms with Crippen LogP contribution in [0.3, 0.4) is 0 Å². The Balaban J connectivity index is 1.72. The Morgan fingerprint density at radius 3 is 2.48 bits per heavy atom. The molecule has 116 valence electrons. The van der Waals surface area contributed by atoms with E-state index in [0.29, 0.717) is 28.7 Å². The molecule has 0 aliphatic heterocycles. The highest BCUT2D eigenvalue weighted by Crippen LogP contribution is 2.25. The molecule has 0 saturated carbocycles. The Labute approximate surface area is 139 Å². The number of halogens is 1. The number of carbonyl (C=O) groups excluding carboxylic acids is 1. The minimum absolute atomic E-state index is 0.150. The fourth-order valence-electron chi connectivity index (χ4n) is 2.33. The highest BCUT2D eigenvalue weighted by Gasteiger charge is 2.15. The van der Waals surface area contributed by atoms with Gasteiger partial charge in [-0.05, 0) is 30.7 Å². The van der Waals surface area contributed by atoms with Crippen LogP contribution in [-0.4, -0.2) is 5.91 Å². The second-order valence-corrected chi connectivity index (χ2v) is 5.69. The third kappa shape index (κ3) is 3.63. The molecule has 0 aliphatic rings. The first-order chi connectivity index (χ1) is 11.1. The monoisotopic (exact) mass is 325 g/mol. The average Bonchev–Trinajstić information content (AvgIpc) is 2.97. The summed E-state index contributed by atoms with van der Waals surface area (Å²) in [7, 11) is 0. The molecule has 4 heteroatoms. The standard InChI is InChI=1S/C19H16ClNO2/c1-13-17(11-18(23-13)15-5-3-2-4-6-15)19(22)21-12-14-7-9-16(20)10-8-14/h2-11H,12H2,1H3,(H,21,22). The molecule has 0 spiro atoms. The summed E-state index contributed by atoms with van der Waals surface area (Å²) in [4.78, 5) is 12.4. The predicted molar refractivity (Wildman–Crippen MR) is 91.5 cm³/mol. The minimum Gasteiger partial charge on any atom is -0.461 e. The summed E-state index contributed by atoms with van der Waals surface area (Å²) in [6, 6.07) is 18.9. The molecule has 0 fully saturated rings. The van der Waals surface area contributed by atoms with E-state index < -0.39 is 0 Å². The molecule has 0 aliphatic carbocycles. The molecule has 0 atom stereocenters. The quantitative estimate of drug-likeness (QED) is 0.746. The number of nitrogens with one attached hydrogen (secondary N) is 1. The zero-order valence-electron chi connectivity index (χ0n) is 12.7. The summed E-state index contributed by atoms with van der Waals surface area (Å²) in [5, 5.41) is 3.58. The van der Waals surface area contributed by atoms with E-state index in [1.807, 2.05) is 42.5 Å². The Kier molecular flexibility index (Phi) is 4.49. The molecule has 3 aromatic rings. The van der Waals surface area contributed by atoms with Crippen LogP contribution in [0.25, 0.3) is 11.3 Å². The molecule has 0 radical (unpaired) electrons. The van der Waals surface area contributed by atoms with Crippen LogP contribution < -0.4 is 5.32 Å². The fraction of sp³-hybridized carbons (Fsp3) is 0.105. The Hall–Kier alpha value is -2.52. The molecule has 1 heterocycles. The van der Waals surface area contributed by atoms with Gasteiger partial charge in [-0.15, -0.1) is 0 Å². The van der Waals surface area contributed by atoms with Crippen molar-refractivity contribution in [3.63, 3.8) is 0 Å². The molecule has 23 heavy (non-hydrogen) atoms. The summed E-state index contributed by atoms with van der Waals surface area (Å²) >= 11 is 5.85. The van der Waals surface area contributed by atoms with Crippen molar-refractivity contribution in [2.45, 2.75) is 13.5 Å². The molecule has 1 amide bonds. The third-order valence-electron chi connectivity index (χ3n) is 3.59. The van der Waals surface area contributed by atoms with Gasteiger partial charge in [0.2, 0.25) is 0 Å². The van der Waals surface area contributed by atoms with Crippen LogP contribution in [0.2, 0.25) is 5.02 Å². The fourth-order valence-corrected chi connectivity index (χ4v) is 2.46. The highest BCUT2D eigenvalue weighted by atomic mass is 35.5. The lowest BCUT2D eigenvalue weighted by Gasteiger charge is -2.04. The first-order valence-corrected chi connectivity index (χ1v) is 7.70. The summed E-state index contributed by atoms with van der Waals surface area (Å²) in [5.74, 6) is 1.15. The van der Waals surface area contributed by atoms with E-state index in [9.17, 15) is 4.79 Å². The Morgan fingerprint density at radius 2 is 1.78 bits per heavy atom. The van der Waals surface area contributed by atoms with Crippen molar-refractivity contribution >= 4 is 17.5 Å². The van der Waals surface area contributed by atoms with E-state index in [2.05, 4.69) is 5.32 Å². The van der Waals surface area contributed by atoms with E-state index in [4.69, 9.17) is 16.0 Å². The summed E-state index contributed by atoms with van der Waals surface area (Å²) < 4.78 is 5.71. The van der Waals surface area contributed by atoms with Gasteiger partial charge < -0.3 is 9.73 Å². The van der Waals surface area contributed by atoms with Gasteiger partial charge in [0.15, 0.2) is 0 Å². The molecule has 0 saturated heterocycles. The molecule has 1 N–H and O–H groups in total. The molecule has 3 nitrogen and oxygen atoms in total. The molecular formula is C19H16ClNO2. The van der Waals surface area contributed by atoms with Crippen molar-refractivity contribution in [3.8, 4) is 11.3 Å². The van der Waals surface area contributed by atoms with Crippen molar-refractivity contribution in [1.82, 2.24) is 5.32 Å². The predicted octanol–water partition coefficient (Wildman–Crippen LogP) is 4.84. The second-order valence-electron chi connectivity index (χ2n) is 5.26. The number of amides is 1. The molecular weight excluding hydrogens is 310 g/mol. The molecule has 2 aromatic carbocycles. The van der Waals surface area contributed by atoms with Gasteiger partial charge >= 0.3 is 0 Å². The smallest absolute Gasteiger partial charge is 0.255 e. The maximum atomic E-state index is 12.4. The first-order valence-electron chi connectivity index (χ1n) is 7.32. The lowest BCUT2D eigenvalue weighted by atomic mass is 10.1. The number of carbonyl (C=O) groups is 1. The van der Waals surface area contributed by atoms with Gasteiger partial charge in [-0.2, -0.15) is 0 Å². The van der Waals surface area contributed by atoms with E-state index in [1.165, 1.54) is 0 Å². The van der Waals surface area contributed by atoms with Crippen LogP contribution in [0.5, 0.6) is 0 Å². The van der Waals surface area contributed by atoms with Crippen LogP contribution in [0, 0.1) is 6.92 Å². The molecule has 0 unspecified atom stereocenters. The van der Waals surface area contributed by atoms with Crippen molar-refractivity contribution in [2.24, 2.45) is 0 Å². The SMILES string of the molecule is Cc1oc(-c2ccccc2)cc1C(=O)NCc1ccc(Cl)cc1. The van der Waals surface area contributed by atoms with Crippen molar-refractivity contribution in [3.05, 3.63) is 82.6 Å². The molecule has 0 bridgehead atoms. The first kappa shape index (κ1) is 15.4. The number of benzene rings is 2. The van der Waals surface area contributed by atoms with Gasteiger partial charge in [0.25, 0.3) is 5.91 Å². The summed E-state index contributed by atoms with van der Waals surface area (Å²) in [6.45, 7) is 2.24. The zero-order chi connectivity index (χ0) is 16.2. The van der Waals surface area contributed by atoms with Crippen LogP contribution in [0.1, 0.15) is 21.7 Å². The topological polar surface area (TPSA) is 42.2 Å². The third-order valence-corrected chi connectivity index (χ3v) is 3.84. The maximum Gasteiger partial charge on any atom is 0.255 e. The Bertz CT molecular complexity index is 807. The van der Waals surface area contributed by atoms with Crippen molar-refractivity contribution in [1.29, 1.82) is 0 Å². The number of hydrogen-bond acceptors (Lipinski definition) is 2. The molecule has 3 rings (SSSR count). The molecule has 1 aromatic heterocycles. The maximum absolute atomic E-state index is 12.4. The van der Waals surface area contributed by atoms with E-state index in [0.717, 1.165) is 11.1 Å². The van der Waals surface area contributed by atoms with Gasteiger partial charge in [-0.3, -0.25) is 4.79 Å². The van der Waals surface area contributed by atoms with Crippen LogP contribution in [-0.2, 0) is 6.54 Å². The number of hydrogen-bond donors (Lipinski definition) is 1. The Morgan fingerprint density at radius 1 is 1.09 bits per heavy atom. The zero-order valence-corrected chi connectivity index (χ0v) is 13.4.